The fraction of sp³-hybridized carbons (Fsp3) is 0.304. The van der Waals surface area contributed by atoms with Gasteiger partial charge in [0.15, 0.2) is 15.3 Å². The Morgan fingerprint density at radius 2 is 1.88 bits per heavy atom. The maximum absolute atomic E-state index is 13.2. The van der Waals surface area contributed by atoms with Gasteiger partial charge >= 0.3 is 6.18 Å². The summed E-state index contributed by atoms with van der Waals surface area (Å²) in [5, 5.41) is 0. The van der Waals surface area contributed by atoms with Crippen molar-refractivity contribution in [2.45, 2.75) is 37.4 Å². The van der Waals surface area contributed by atoms with E-state index in [0.717, 1.165) is 23.4 Å². The SMILES string of the molecule is CCc1nc2c(c(-c3ccc(OC)cc3)n1)CN([S+](=O)([O-])c1cccc(C(F)(F)F)c1)CC2. The molecule has 1 aliphatic rings. The molecule has 0 spiro atoms. The van der Waals surface area contributed by atoms with Crippen LogP contribution in [-0.4, -0.2) is 32.5 Å². The highest BCUT2D eigenvalue weighted by molar-refractivity contribution is 7.95. The van der Waals surface area contributed by atoms with Gasteiger partial charge in [0.05, 0.1) is 37.2 Å². The van der Waals surface area contributed by atoms with Gasteiger partial charge in [0, 0.05) is 30.0 Å². The van der Waals surface area contributed by atoms with E-state index in [1.54, 1.807) is 19.2 Å². The molecule has 0 N–H and O–H groups in total. The van der Waals surface area contributed by atoms with Gasteiger partial charge in [-0.25, -0.2) is 9.97 Å². The minimum Gasteiger partial charge on any atom is -0.593 e. The molecule has 0 radical (unpaired) electrons. The second kappa shape index (κ2) is 8.85. The number of fused-ring (bicyclic) bond motifs is 1. The van der Waals surface area contributed by atoms with E-state index >= 15 is 0 Å². The van der Waals surface area contributed by atoms with Crippen molar-refractivity contribution in [3.8, 4) is 17.0 Å². The molecule has 1 aliphatic heterocycles. The third-order valence-electron chi connectivity index (χ3n) is 5.55. The molecule has 6 nitrogen and oxygen atoms in total. The molecule has 4 rings (SSSR count). The molecule has 0 bridgehead atoms. The maximum atomic E-state index is 13.2. The molecular weight excluding hydrogens is 455 g/mol. The number of hydrogen-bond acceptors (Lipinski definition) is 5. The number of methoxy groups -OCH3 is 1. The topological polar surface area (TPSA) is 78.4 Å². The van der Waals surface area contributed by atoms with Gasteiger partial charge in [-0.05, 0) is 36.4 Å². The van der Waals surface area contributed by atoms with Gasteiger partial charge < -0.3 is 9.29 Å². The van der Waals surface area contributed by atoms with Crippen molar-refractivity contribution in [3.63, 3.8) is 0 Å². The minimum absolute atomic E-state index is 0.0285. The summed E-state index contributed by atoms with van der Waals surface area (Å²) in [6.45, 7) is 2.03. The van der Waals surface area contributed by atoms with Gasteiger partial charge in [-0.15, -0.1) is 4.31 Å². The molecule has 2 aromatic carbocycles. The van der Waals surface area contributed by atoms with E-state index in [0.29, 0.717) is 41.7 Å². The Balaban J connectivity index is 1.74. The van der Waals surface area contributed by atoms with Gasteiger partial charge in [0.1, 0.15) is 11.6 Å². The predicted molar refractivity (Wildman–Crippen MR) is 116 cm³/mol. The molecule has 0 saturated heterocycles. The molecule has 2 heterocycles. The molecule has 0 aliphatic carbocycles. The van der Waals surface area contributed by atoms with E-state index in [9.17, 15) is 21.9 Å². The van der Waals surface area contributed by atoms with Crippen LogP contribution < -0.4 is 4.74 Å². The number of hydrogen-bond donors (Lipinski definition) is 0. The molecule has 3 aromatic rings. The molecular formula is C23H22F3N3O3S. The molecule has 33 heavy (non-hydrogen) atoms. The summed E-state index contributed by atoms with van der Waals surface area (Å²) in [5.41, 5.74) is 1.80. The maximum Gasteiger partial charge on any atom is 0.416 e. The van der Waals surface area contributed by atoms with Crippen LogP contribution >= 0.6 is 0 Å². The van der Waals surface area contributed by atoms with Gasteiger partial charge in [0.25, 0.3) is 0 Å². The lowest BCUT2D eigenvalue weighted by Crippen LogP contribution is -2.41. The molecule has 0 saturated carbocycles. The van der Waals surface area contributed by atoms with Crippen molar-refractivity contribution in [1.29, 1.82) is 0 Å². The van der Waals surface area contributed by atoms with Crippen LogP contribution in [0, 0.1) is 0 Å². The van der Waals surface area contributed by atoms with Crippen molar-refractivity contribution in [2.24, 2.45) is 0 Å². The van der Waals surface area contributed by atoms with E-state index in [4.69, 9.17) is 4.74 Å². The lowest BCUT2D eigenvalue weighted by molar-refractivity contribution is -0.137. The summed E-state index contributed by atoms with van der Waals surface area (Å²) in [4.78, 5) is 8.83. The van der Waals surface area contributed by atoms with Crippen LogP contribution in [0.2, 0.25) is 0 Å². The van der Waals surface area contributed by atoms with Gasteiger partial charge in [-0.2, -0.15) is 13.2 Å². The van der Waals surface area contributed by atoms with Crippen LogP contribution in [0.15, 0.2) is 53.4 Å². The molecule has 174 valence electrons. The zero-order valence-corrected chi connectivity index (χ0v) is 18.9. The number of alkyl halides is 3. The lowest BCUT2D eigenvalue weighted by atomic mass is 10.00. The zero-order valence-electron chi connectivity index (χ0n) is 18.1. The van der Waals surface area contributed by atoms with Crippen LogP contribution in [0.25, 0.3) is 11.3 Å². The Bertz CT molecular complexity index is 1220. The first kappa shape index (κ1) is 23.3. The summed E-state index contributed by atoms with van der Waals surface area (Å²) in [6, 6.07) is 11.1. The number of aryl methyl sites for hydroxylation is 1. The highest BCUT2D eigenvalue weighted by Gasteiger charge is 2.38. The summed E-state index contributed by atoms with van der Waals surface area (Å²) >= 11 is 0. The Hall–Kier alpha value is -2.82. The normalized spacial score (nSPS) is 16.2. The van der Waals surface area contributed by atoms with Crippen molar-refractivity contribution < 1.29 is 26.7 Å². The van der Waals surface area contributed by atoms with Crippen molar-refractivity contribution in [2.75, 3.05) is 13.7 Å². The van der Waals surface area contributed by atoms with Crippen molar-refractivity contribution in [1.82, 2.24) is 14.3 Å². The number of ether oxygens (including phenoxy) is 1. The van der Waals surface area contributed by atoms with E-state index in [1.807, 2.05) is 19.1 Å². The standard InChI is InChI=1S/C23H22F3N3O3S/c1-3-21-27-20-11-12-29(33(30,31)18-6-4-5-16(13-18)23(24,25)26)14-19(20)22(28-21)15-7-9-17(32-2)10-8-15/h4-10,13H,3,11-12,14H2,1-2H3. The molecule has 0 amide bonds. The van der Waals surface area contributed by atoms with E-state index < -0.39 is 27.0 Å². The third kappa shape index (κ3) is 4.64. The second-order valence-electron chi connectivity index (χ2n) is 7.61. The van der Waals surface area contributed by atoms with Crippen LogP contribution in [0.1, 0.15) is 29.6 Å². The van der Waals surface area contributed by atoms with Gasteiger partial charge in [0.2, 0.25) is 0 Å². The molecule has 1 unspecified atom stereocenters. The average Bonchev–Trinajstić information content (AvgIpc) is 2.82. The number of aromatic nitrogens is 2. The Morgan fingerprint density at radius 1 is 1.15 bits per heavy atom. The molecule has 0 fully saturated rings. The molecule has 1 aromatic heterocycles. The molecule has 1 atom stereocenters. The highest BCUT2D eigenvalue weighted by atomic mass is 32.3. The number of halogens is 3. The number of rotatable bonds is 5. The quantitative estimate of drug-likeness (QED) is 0.498. The largest absolute Gasteiger partial charge is 0.593 e. The van der Waals surface area contributed by atoms with Crippen LogP contribution in [0.3, 0.4) is 0 Å². The highest BCUT2D eigenvalue weighted by Crippen LogP contribution is 2.35. The minimum atomic E-state index is -4.63. The number of sulfonamides is 1. The lowest BCUT2D eigenvalue weighted by Gasteiger charge is -2.32. The number of nitrogens with zero attached hydrogens (tertiary/aromatic N) is 3. The Labute approximate surface area is 190 Å². The number of benzene rings is 2. The first-order valence-corrected chi connectivity index (χ1v) is 11.8. The van der Waals surface area contributed by atoms with Gasteiger partial charge in [-0.1, -0.05) is 17.2 Å². The summed E-state index contributed by atoms with van der Waals surface area (Å²) in [6.07, 6.45) is -3.68. The predicted octanol–water partition coefficient (Wildman–Crippen LogP) is 4.70. The fourth-order valence-corrected chi connectivity index (χ4v) is 5.23. The van der Waals surface area contributed by atoms with E-state index in [2.05, 4.69) is 9.97 Å². The fourth-order valence-electron chi connectivity index (χ4n) is 3.77. The second-order valence-corrected chi connectivity index (χ2v) is 9.55. The van der Waals surface area contributed by atoms with Crippen molar-refractivity contribution >= 4 is 10.4 Å². The van der Waals surface area contributed by atoms with E-state index in [1.165, 1.54) is 10.4 Å². The summed E-state index contributed by atoms with van der Waals surface area (Å²) < 4.78 is 72.2. The summed E-state index contributed by atoms with van der Waals surface area (Å²) in [7, 11) is -2.59. The van der Waals surface area contributed by atoms with Crippen molar-refractivity contribution in [3.05, 3.63) is 71.2 Å². The first-order chi connectivity index (χ1) is 15.6. The van der Waals surface area contributed by atoms with Crippen LogP contribution in [0.4, 0.5) is 13.2 Å². The third-order valence-corrected chi connectivity index (χ3v) is 7.39. The Kier molecular flexibility index (Phi) is 6.26. The average molecular weight is 478 g/mol. The van der Waals surface area contributed by atoms with Crippen LogP contribution in [0.5, 0.6) is 5.75 Å². The van der Waals surface area contributed by atoms with E-state index in [-0.39, 0.29) is 13.1 Å². The molecule has 10 heteroatoms. The monoisotopic (exact) mass is 477 g/mol. The van der Waals surface area contributed by atoms with Gasteiger partial charge in [-0.3, -0.25) is 0 Å². The first-order valence-electron chi connectivity index (χ1n) is 10.3. The summed E-state index contributed by atoms with van der Waals surface area (Å²) in [5.74, 6) is 1.32. The Morgan fingerprint density at radius 3 is 2.52 bits per heavy atom. The zero-order chi connectivity index (χ0) is 23.8. The van der Waals surface area contributed by atoms with Crippen LogP contribution in [-0.2, 0) is 40.2 Å². The smallest absolute Gasteiger partial charge is 0.416 e.